The van der Waals surface area contributed by atoms with Crippen LogP contribution in [0.2, 0.25) is 5.02 Å². The third-order valence-electron chi connectivity index (χ3n) is 6.89. The van der Waals surface area contributed by atoms with E-state index in [1.165, 1.54) is 0 Å². The highest BCUT2D eigenvalue weighted by Crippen LogP contribution is 2.28. The molecule has 1 heterocycles. The van der Waals surface area contributed by atoms with Gasteiger partial charge in [0.05, 0.1) is 0 Å². The Bertz CT molecular complexity index is 1580. The first-order valence-electron chi connectivity index (χ1n) is 13.6. The Morgan fingerprint density at radius 1 is 0.837 bits per heavy atom. The van der Waals surface area contributed by atoms with E-state index in [1.807, 2.05) is 60.7 Å². The molecular weight excluding hydrogens is 572 g/mol. The van der Waals surface area contributed by atoms with E-state index in [-0.39, 0.29) is 19.8 Å². The van der Waals surface area contributed by atoms with Crippen LogP contribution in [0, 0.1) is 0 Å². The standard InChI is InChI=1S/C33H29ClN2O7/c34-26-12-6-4-10-23(26)19-41-24-16-14-21(15-17-24)18-28(33(39)40)36-32(38)30-29(42-20-43-30)31(37)35-27-13-7-5-11-25(27)22-8-2-1-3-9-22/h1-17,28-30H,18-20H2,(H,35,37)(H,36,38)(H,39,40)/t28-,29+,30+/m0/s1. The Balaban J connectivity index is 1.20. The molecule has 9 nitrogen and oxygen atoms in total. The lowest BCUT2D eigenvalue weighted by molar-refractivity contribution is -0.144. The number of benzene rings is 4. The maximum Gasteiger partial charge on any atom is 0.326 e. The average molecular weight is 601 g/mol. The second kappa shape index (κ2) is 14.0. The molecule has 4 aromatic carbocycles. The summed E-state index contributed by atoms with van der Waals surface area (Å²) in [6, 6.07) is 29.8. The zero-order valence-electron chi connectivity index (χ0n) is 22.9. The van der Waals surface area contributed by atoms with Crippen molar-refractivity contribution >= 4 is 35.1 Å². The maximum atomic E-state index is 13.2. The first-order chi connectivity index (χ1) is 20.9. The van der Waals surface area contributed by atoms with Gasteiger partial charge in [-0.2, -0.15) is 0 Å². The van der Waals surface area contributed by atoms with E-state index in [9.17, 15) is 19.5 Å². The number of carbonyl (C=O) groups excluding carboxylic acids is 2. The van der Waals surface area contributed by atoms with Crippen molar-refractivity contribution < 1.29 is 33.7 Å². The summed E-state index contributed by atoms with van der Waals surface area (Å²) in [7, 11) is 0. The number of anilines is 1. The van der Waals surface area contributed by atoms with Crippen LogP contribution < -0.4 is 15.4 Å². The van der Waals surface area contributed by atoms with Crippen molar-refractivity contribution in [3.05, 3.63) is 119 Å². The maximum absolute atomic E-state index is 13.2. The summed E-state index contributed by atoms with van der Waals surface area (Å²) in [6.07, 6.45) is -2.60. The minimum Gasteiger partial charge on any atom is -0.489 e. The largest absolute Gasteiger partial charge is 0.489 e. The van der Waals surface area contributed by atoms with Crippen LogP contribution in [0.5, 0.6) is 5.75 Å². The molecule has 2 amide bonds. The van der Waals surface area contributed by atoms with Crippen molar-refractivity contribution in [3.8, 4) is 16.9 Å². The zero-order valence-corrected chi connectivity index (χ0v) is 23.7. The van der Waals surface area contributed by atoms with Crippen LogP contribution in [-0.2, 0) is 36.9 Å². The number of para-hydroxylation sites is 1. The number of carbonyl (C=O) groups is 3. The Kier molecular flexibility index (Phi) is 9.68. The summed E-state index contributed by atoms with van der Waals surface area (Å²) in [5, 5.41) is 15.7. The Hall–Kier alpha value is -4.70. The topological polar surface area (TPSA) is 123 Å². The van der Waals surface area contributed by atoms with Crippen molar-refractivity contribution in [2.24, 2.45) is 0 Å². The van der Waals surface area contributed by atoms with Gasteiger partial charge in [0, 0.05) is 28.3 Å². The van der Waals surface area contributed by atoms with Crippen LogP contribution >= 0.6 is 11.6 Å². The third kappa shape index (κ3) is 7.58. The third-order valence-corrected chi connectivity index (χ3v) is 7.26. The molecule has 0 radical (unpaired) electrons. The van der Waals surface area contributed by atoms with E-state index in [4.69, 9.17) is 25.8 Å². The molecule has 1 fully saturated rings. The number of ether oxygens (including phenoxy) is 3. The fraction of sp³-hybridized carbons (Fsp3) is 0.182. The number of carboxylic acids is 1. The number of aliphatic carboxylic acids is 1. The SMILES string of the molecule is O=C(O)[C@H](Cc1ccc(OCc2ccccc2Cl)cc1)NC(=O)[C@@H]1OCO[C@H]1C(=O)Nc1ccccc1-c1ccccc1. The fourth-order valence-electron chi connectivity index (χ4n) is 4.64. The van der Waals surface area contributed by atoms with Crippen molar-refractivity contribution in [3.63, 3.8) is 0 Å². The van der Waals surface area contributed by atoms with Gasteiger partial charge in [0.1, 0.15) is 25.2 Å². The Labute approximate surface area is 253 Å². The average Bonchev–Trinajstić information content (AvgIpc) is 3.52. The lowest BCUT2D eigenvalue weighted by atomic mass is 10.0. The number of hydrogen-bond donors (Lipinski definition) is 3. The minimum atomic E-state index is -1.33. The molecule has 0 unspecified atom stereocenters. The van der Waals surface area contributed by atoms with Crippen LogP contribution in [0.3, 0.4) is 0 Å². The van der Waals surface area contributed by atoms with Gasteiger partial charge in [-0.1, -0.05) is 90.5 Å². The highest BCUT2D eigenvalue weighted by molar-refractivity contribution is 6.31. The van der Waals surface area contributed by atoms with Gasteiger partial charge in [-0.15, -0.1) is 0 Å². The number of nitrogens with one attached hydrogen (secondary N) is 2. The number of halogens is 1. The lowest BCUT2D eigenvalue weighted by Crippen LogP contribution is -2.51. The molecule has 0 aromatic heterocycles. The van der Waals surface area contributed by atoms with E-state index in [2.05, 4.69) is 10.6 Å². The highest BCUT2D eigenvalue weighted by Gasteiger charge is 2.42. The molecule has 0 saturated carbocycles. The molecule has 1 saturated heterocycles. The van der Waals surface area contributed by atoms with E-state index >= 15 is 0 Å². The van der Waals surface area contributed by atoms with E-state index in [0.29, 0.717) is 22.0 Å². The molecular formula is C33H29ClN2O7. The van der Waals surface area contributed by atoms with Gasteiger partial charge in [-0.05, 0) is 35.4 Å². The minimum absolute atomic E-state index is 0.000752. The predicted molar refractivity (Wildman–Crippen MR) is 161 cm³/mol. The molecule has 1 aliphatic heterocycles. The molecule has 220 valence electrons. The summed E-state index contributed by atoms with van der Waals surface area (Å²) in [6.45, 7) is -0.00717. The molecule has 43 heavy (non-hydrogen) atoms. The van der Waals surface area contributed by atoms with Gasteiger partial charge in [0.2, 0.25) is 0 Å². The molecule has 1 aliphatic rings. The van der Waals surface area contributed by atoms with Crippen LogP contribution in [0.4, 0.5) is 5.69 Å². The van der Waals surface area contributed by atoms with Gasteiger partial charge in [0.15, 0.2) is 12.2 Å². The quantitative estimate of drug-likeness (QED) is 0.219. The van der Waals surface area contributed by atoms with Gasteiger partial charge >= 0.3 is 5.97 Å². The molecule has 0 spiro atoms. The molecule has 0 bridgehead atoms. The molecule has 0 aliphatic carbocycles. The molecule has 3 atom stereocenters. The Morgan fingerprint density at radius 2 is 1.49 bits per heavy atom. The van der Waals surface area contributed by atoms with Crippen LogP contribution in [-0.4, -0.2) is 47.9 Å². The van der Waals surface area contributed by atoms with Crippen molar-refractivity contribution in [2.75, 3.05) is 12.1 Å². The smallest absolute Gasteiger partial charge is 0.326 e. The highest BCUT2D eigenvalue weighted by atomic mass is 35.5. The van der Waals surface area contributed by atoms with Crippen LogP contribution in [0.15, 0.2) is 103 Å². The molecule has 10 heteroatoms. The molecule has 4 aromatic rings. The Morgan fingerprint density at radius 3 is 2.21 bits per heavy atom. The predicted octanol–water partition coefficient (Wildman–Crippen LogP) is 5.08. The first kappa shape index (κ1) is 29.8. The fourth-order valence-corrected chi connectivity index (χ4v) is 4.83. The lowest BCUT2D eigenvalue weighted by Gasteiger charge is -2.20. The van der Waals surface area contributed by atoms with E-state index in [1.54, 1.807) is 42.5 Å². The van der Waals surface area contributed by atoms with Gasteiger partial charge < -0.3 is 30.0 Å². The van der Waals surface area contributed by atoms with Crippen molar-refractivity contribution in [2.45, 2.75) is 31.3 Å². The van der Waals surface area contributed by atoms with Crippen LogP contribution in [0.25, 0.3) is 11.1 Å². The normalized spacial score (nSPS) is 16.7. The molecule has 5 rings (SSSR count). The number of carboxylic acid groups (broad SMARTS) is 1. The number of hydrogen-bond acceptors (Lipinski definition) is 6. The van der Waals surface area contributed by atoms with Gasteiger partial charge in [0.25, 0.3) is 11.8 Å². The zero-order chi connectivity index (χ0) is 30.2. The van der Waals surface area contributed by atoms with E-state index in [0.717, 1.165) is 16.7 Å². The van der Waals surface area contributed by atoms with Crippen molar-refractivity contribution in [1.29, 1.82) is 0 Å². The van der Waals surface area contributed by atoms with Crippen molar-refractivity contribution in [1.82, 2.24) is 5.32 Å². The summed E-state index contributed by atoms with van der Waals surface area (Å²) >= 11 is 6.17. The summed E-state index contributed by atoms with van der Waals surface area (Å²) in [4.78, 5) is 38.3. The number of rotatable bonds is 11. The second-order valence-corrected chi connectivity index (χ2v) is 10.2. The second-order valence-electron chi connectivity index (χ2n) is 9.82. The number of amides is 2. The van der Waals surface area contributed by atoms with E-state index < -0.39 is 36.0 Å². The first-order valence-corrected chi connectivity index (χ1v) is 13.9. The summed E-state index contributed by atoms with van der Waals surface area (Å²) in [5.41, 5.74) is 3.74. The van der Waals surface area contributed by atoms with Gasteiger partial charge in [-0.3, -0.25) is 9.59 Å². The summed E-state index contributed by atoms with van der Waals surface area (Å²) in [5.74, 6) is -2.00. The molecule has 3 N–H and O–H groups in total. The van der Waals surface area contributed by atoms with Gasteiger partial charge in [-0.25, -0.2) is 4.79 Å². The summed E-state index contributed by atoms with van der Waals surface area (Å²) < 4.78 is 16.6. The van der Waals surface area contributed by atoms with Crippen LogP contribution in [0.1, 0.15) is 11.1 Å². The monoisotopic (exact) mass is 600 g/mol.